The number of unbranched alkanes of at least 4 members (excludes halogenated alkanes) is 2. The van der Waals surface area contributed by atoms with Gasteiger partial charge < -0.3 is 9.80 Å². The van der Waals surface area contributed by atoms with Gasteiger partial charge >= 0.3 is 0 Å². The Morgan fingerprint density at radius 2 is 2.00 bits per heavy atom. The van der Waals surface area contributed by atoms with Gasteiger partial charge in [0.15, 0.2) is 5.16 Å². The predicted octanol–water partition coefficient (Wildman–Crippen LogP) is 3.37. The molecular weight excluding hydrogens is 468 g/mol. The minimum Gasteiger partial charge on any atom is -0.352 e. The molecule has 0 aromatic carbocycles. The second kappa shape index (κ2) is 10.4. The zero-order valence-corrected chi connectivity index (χ0v) is 21.2. The zero-order valence-electron chi connectivity index (χ0n) is 19.5. The van der Waals surface area contributed by atoms with Gasteiger partial charge in [0.2, 0.25) is 5.91 Å². The van der Waals surface area contributed by atoms with E-state index < -0.39 is 0 Å². The largest absolute Gasteiger partial charge is 0.352 e. The van der Waals surface area contributed by atoms with Gasteiger partial charge in [0.1, 0.15) is 10.6 Å². The van der Waals surface area contributed by atoms with Crippen LogP contribution in [-0.4, -0.2) is 62.3 Å². The number of thiophene rings is 1. The highest BCUT2D eigenvalue weighted by Crippen LogP contribution is 2.35. The Morgan fingerprint density at radius 3 is 2.76 bits per heavy atom. The number of aromatic nitrogens is 4. The van der Waals surface area contributed by atoms with Crippen molar-refractivity contribution in [2.24, 2.45) is 0 Å². The highest BCUT2D eigenvalue weighted by atomic mass is 32.2. The van der Waals surface area contributed by atoms with E-state index in [9.17, 15) is 9.59 Å². The van der Waals surface area contributed by atoms with E-state index in [1.807, 2.05) is 9.47 Å². The van der Waals surface area contributed by atoms with Crippen molar-refractivity contribution in [1.29, 1.82) is 0 Å². The first-order chi connectivity index (χ1) is 16.7. The molecule has 0 saturated carbocycles. The molecule has 10 heteroatoms. The SMILES string of the molecule is CCCCCn1c(SCC(=O)N2CCN(c3cnccn3)CC2)nc2sc3c(c2c1=O)CCC3. The summed E-state index contributed by atoms with van der Waals surface area (Å²) in [6.07, 6.45) is 11.4. The monoisotopic (exact) mass is 498 g/mol. The van der Waals surface area contributed by atoms with Crippen LogP contribution in [0.4, 0.5) is 5.82 Å². The van der Waals surface area contributed by atoms with Crippen molar-refractivity contribution in [2.45, 2.75) is 57.1 Å². The lowest BCUT2D eigenvalue weighted by Crippen LogP contribution is -2.49. The van der Waals surface area contributed by atoms with E-state index in [-0.39, 0.29) is 11.5 Å². The summed E-state index contributed by atoms with van der Waals surface area (Å²) < 4.78 is 1.83. The molecule has 2 aliphatic rings. The third-order valence-electron chi connectivity index (χ3n) is 6.61. The highest BCUT2D eigenvalue weighted by Gasteiger charge is 2.25. The Morgan fingerprint density at radius 1 is 1.15 bits per heavy atom. The molecule has 8 nitrogen and oxygen atoms in total. The van der Waals surface area contributed by atoms with Crippen LogP contribution in [0.15, 0.2) is 28.5 Å². The summed E-state index contributed by atoms with van der Waals surface area (Å²) in [6, 6.07) is 0. The van der Waals surface area contributed by atoms with Crippen molar-refractivity contribution in [3.05, 3.63) is 39.4 Å². The number of thioether (sulfide) groups is 1. The number of carbonyl (C=O) groups is 1. The lowest BCUT2D eigenvalue weighted by atomic mass is 10.2. The van der Waals surface area contributed by atoms with Crippen LogP contribution in [0.25, 0.3) is 10.2 Å². The van der Waals surface area contributed by atoms with E-state index in [1.165, 1.54) is 22.2 Å². The molecule has 1 amide bonds. The maximum atomic E-state index is 13.5. The van der Waals surface area contributed by atoms with Crippen molar-refractivity contribution < 1.29 is 4.79 Å². The Labute approximate surface area is 207 Å². The molecule has 5 rings (SSSR count). The summed E-state index contributed by atoms with van der Waals surface area (Å²) in [5.74, 6) is 1.23. The van der Waals surface area contributed by atoms with Crippen LogP contribution in [0.3, 0.4) is 0 Å². The summed E-state index contributed by atoms with van der Waals surface area (Å²) >= 11 is 3.07. The highest BCUT2D eigenvalue weighted by molar-refractivity contribution is 7.99. The molecule has 0 unspecified atom stereocenters. The molecule has 0 atom stereocenters. The smallest absolute Gasteiger partial charge is 0.263 e. The van der Waals surface area contributed by atoms with Crippen molar-refractivity contribution in [3.63, 3.8) is 0 Å². The van der Waals surface area contributed by atoms with Gasteiger partial charge in [-0.15, -0.1) is 11.3 Å². The number of aryl methyl sites for hydroxylation is 2. The topological polar surface area (TPSA) is 84.2 Å². The zero-order chi connectivity index (χ0) is 23.5. The number of hydrogen-bond donors (Lipinski definition) is 0. The van der Waals surface area contributed by atoms with Gasteiger partial charge in [0.25, 0.3) is 5.56 Å². The summed E-state index contributed by atoms with van der Waals surface area (Å²) in [5, 5.41) is 1.50. The molecule has 34 heavy (non-hydrogen) atoms. The van der Waals surface area contributed by atoms with Crippen LogP contribution in [-0.2, 0) is 24.2 Å². The molecule has 4 heterocycles. The molecule has 1 saturated heterocycles. The fourth-order valence-corrected chi connectivity index (χ4v) is 6.97. The van der Waals surface area contributed by atoms with Gasteiger partial charge in [0.05, 0.1) is 17.3 Å². The molecule has 1 fully saturated rings. The average Bonchev–Trinajstić information content (AvgIpc) is 3.46. The van der Waals surface area contributed by atoms with E-state index >= 15 is 0 Å². The molecule has 1 aliphatic heterocycles. The van der Waals surface area contributed by atoms with Gasteiger partial charge in [0, 0.05) is 50.0 Å². The number of nitrogens with zero attached hydrogens (tertiary/aromatic N) is 6. The molecule has 180 valence electrons. The van der Waals surface area contributed by atoms with Crippen LogP contribution in [0.5, 0.6) is 0 Å². The maximum Gasteiger partial charge on any atom is 0.263 e. The molecular formula is C24H30N6O2S2. The number of rotatable bonds is 8. The standard InChI is InChI=1S/C24H30N6O2S2/c1-2-3-4-10-30-23(32)21-17-6-5-7-18(17)34-22(21)27-24(30)33-16-20(31)29-13-11-28(12-14-29)19-15-25-8-9-26-19/h8-9,15H,2-7,10-14,16H2,1H3. The minimum atomic E-state index is 0.0769. The van der Waals surface area contributed by atoms with Gasteiger partial charge in [-0.3, -0.25) is 19.1 Å². The van der Waals surface area contributed by atoms with Gasteiger partial charge in [-0.25, -0.2) is 9.97 Å². The number of piperazine rings is 1. The normalized spacial score (nSPS) is 15.8. The maximum absolute atomic E-state index is 13.5. The van der Waals surface area contributed by atoms with Crippen molar-refractivity contribution in [3.8, 4) is 0 Å². The predicted molar refractivity (Wildman–Crippen MR) is 137 cm³/mol. The van der Waals surface area contributed by atoms with Crippen molar-refractivity contribution in [2.75, 3.05) is 36.8 Å². The Balaban J connectivity index is 1.29. The van der Waals surface area contributed by atoms with Gasteiger partial charge in [-0.2, -0.15) is 0 Å². The lowest BCUT2D eigenvalue weighted by Gasteiger charge is -2.35. The van der Waals surface area contributed by atoms with Crippen molar-refractivity contribution >= 4 is 45.0 Å². The molecule has 0 bridgehead atoms. The van der Waals surface area contributed by atoms with Crippen LogP contribution >= 0.6 is 23.1 Å². The number of amides is 1. The third kappa shape index (κ3) is 4.70. The lowest BCUT2D eigenvalue weighted by molar-refractivity contribution is -0.128. The molecule has 0 N–H and O–H groups in total. The summed E-state index contributed by atoms with van der Waals surface area (Å²) in [4.78, 5) is 46.1. The van der Waals surface area contributed by atoms with E-state index in [4.69, 9.17) is 4.98 Å². The number of anilines is 1. The average molecular weight is 499 g/mol. The Kier molecular flexibility index (Phi) is 7.15. The molecule has 0 spiro atoms. The first kappa shape index (κ1) is 23.3. The van der Waals surface area contributed by atoms with Gasteiger partial charge in [-0.05, 0) is 31.2 Å². The van der Waals surface area contributed by atoms with Crippen LogP contribution in [0.1, 0.15) is 43.0 Å². The third-order valence-corrected chi connectivity index (χ3v) is 8.75. The summed E-state index contributed by atoms with van der Waals surface area (Å²) in [7, 11) is 0. The fraction of sp³-hybridized carbons (Fsp3) is 0.542. The van der Waals surface area contributed by atoms with E-state index in [0.717, 1.165) is 67.6 Å². The van der Waals surface area contributed by atoms with Crippen molar-refractivity contribution in [1.82, 2.24) is 24.4 Å². The van der Waals surface area contributed by atoms with Crippen LogP contribution < -0.4 is 10.5 Å². The van der Waals surface area contributed by atoms with E-state index in [2.05, 4.69) is 21.8 Å². The first-order valence-electron chi connectivity index (χ1n) is 12.1. The Bertz CT molecular complexity index is 1220. The second-order valence-electron chi connectivity index (χ2n) is 8.82. The molecule has 1 aliphatic carbocycles. The number of carbonyl (C=O) groups excluding carboxylic acids is 1. The molecule has 3 aromatic rings. The number of hydrogen-bond acceptors (Lipinski definition) is 8. The molecule has 3 aromatic heterocycles. The van der Waals surface area contributed by atoms with E-state index in [0.29, 0.717) is 30.5 Å². The quantitative estimate of drug-likeness (QED) is 0.267. The van der Waals surface area contributed by atoms with E-state index in [1.54, 1.807) is 29.9 Å². The van der Waals surface area contributed by atoms with Crippen LogP contribution in [0.2, 0.25) is 0 Å². The minimum absolute atomic E-state index is 0.0769. The second-order valence-corrected chi connectivity index (χ2v) is 10.8. The summed E-state index contributed by atoms with van der Waals surface area (Å²) in [6.45, 7) is 5.61. The number of fused-ring (bicyclic) bond motifs is 3. The van der Waals surface area contributed by atoms with Crippen LogP contribution in [0, 0.1) is 0 Å². The molecule has 0 radical (unpaired) electrons. The first-order valence-corrected chi connectivity index (χ1v) is 13.9. The summed E-state index contributed by atoms with van der Waals surface area (Å²) in [5.41, 5.74) is 1.29. The van der Waals surface area contributed by atoms with Gasteiger partial charge in [-0.1, -0.05) is 31.5 Å². The Hall–Kier alpha value is -2.46. The fourth-order valence-electron chi connectivity index (χ4n) is 4.74.